The minimum absolute atomic E-state index is 0. The highest BCUT2D eigenvalue weighted by molar-refractivity contribution is 5.18. The maximum atomic E-state index is 9.54. The number of aliphatic hydroxyl groups excluding tert-OH is 2. The summed E-state index contributed by atoms with van der Waals surface area (Å²) in [7, 11) is 0. The van der Waals surface area contributed by atoms with Crippen LogP contribution in [-0.4, -0.2) is 22.3 Å². The Morgan fingerprint density at radius 2 is 1.82 bits per heavy atom. The Hall–Kier alpha value is -1.74. The van der Waals surface area contributed by atoms with Crippen LogP contribution < -0.4 is 5.32 Å². The summed E-state index contributed by atoms with van der Waals surface area (Å²) in [6, 6.07) is 9.22. The number of rotatable bonds is 6. The Morgan fingerprint density at radius 3 is 2.29 bits per heavy atom. The van der Waals surface area contributed by atoms with E-state index < -0.39 is 0 Å². The maximum Gasteiger partial charge on any atom is 0.102 e. The van der Waals surface area contributed by atoms with E-state index in [1.165, 1.54) is 0 Å². The van der Waals surface area contributed by atoms with Gasteiger partial charge in [-0.25, -0.2) is 0 Å². The zero-order chi connectivity index (χ0) is 12.8. The molecule has 0 bridgehead atoms. The van der Waals surface area contributed by atoms with Crippen LogP contribution in [0.1, 0.15) is 13.9 Å². The monoisotopic (exact) mass is 235 g/mol. The number of nitrogens with one attached hydrogen (secondary N) is 1. The predicted molar refractivity (Wildman–Crippen MR) is 72.2 cm³/mol. The number of hydrogen-bond donors (Lipinski definition) is 3. The van der Waals surface area contributed by atoms with Crippen molar-refractivity contribution in [1.29, 1.82) is 0 Å². The van der Waals surface area contributed by atoms with Crippen molar-refractivity contribution in [2.75, 3.05) is 0 Å². The van der Waals surface area contributed by atoms with Crippen LogP contribution in [0.5, 0.6) is 0 Å². The Kier molecular flexibility index (Phi) is 4.79. The van der Waals surface area contributed by atoms with Gasteiger partial charge in [0, 0.05) is 1.43 Å². The van der Waals surface area contributed by atoms with Crippen molar-refractivity contribution in [2.24, 2.45) is 0 Å². The fraction of sp³-hybridized carbons (Fsp3) is 0.286. The van der Waals surface area contributed by atoms with E-state index in [2.05, 4.69) is 18.5 Å². The van der Waals surface area contributed by atoms with Gasteiger partial charge >= 0.3 is 0 Å². The van der Waals surface area contributed by atoms with Crippen LogP contribution in [0, 0.1) is 0 Å². The Morgan fingerprint density at radius 1 is 1.24 bits per heavy atom. The predicted octanol–water partition coefficient (Wildman–Crippen LogP) is 2.97. The van der Waals surface area contributed by atoms with Crippen molar-refractivity contribution in [1.82, 2.24) is 5.32 Å². The molecular weight excluding hydrogens is 214 g/mol. The topological polar surface area (TPSA) is 52.5 Å². The normalized spacial score (nSPS) is 13.9. The standard InChI is InChI=1S/C14H19NO2.H2/c1-10(11(2)16)15-14(12(3)17)9-13-7-5-4-6-8-13;/h4-8,10,14-17H,2-3,9H2,1H3;1H/t10?,14-;/m0./s1. The molecule has 1 rings (SSSR count). The number of aliphatic hydroxyl groups is 2. The first-order chi connectivity index (χ1) is 8.00. The highest BCUT2D eigenvalue weighted by Crippen LogP contribution is 2.09. The van der Waals surface area contributed by atoms with E-state index in [1.807, 2.05) is 30.3 Å². The molecule has 0 saturated carbocycles. The molecular formula is C14H21NO2. The average Bonchev–Trinajstić information content (AvgIpc) is 2.29. The second-order valence-corrected chi connectivity index (χ2v) is 4.11. The summed E-state index contributed by atoms with van der Waals surface area (Å²) in [5, 5.41) is 21.9. The summed E-state index contributed by atoms with van der Waals surface area (Å²) in [5.74, 6) is 0.103. The van der Waals surface area contributed by atoms with Crippen molar-refractivity contribution in [3.8, 4) is 0 Å². The van der Waals surface area contributed by atoms with Crippen LogP contribution in [0.25, 0.3) is 0 Å². The van der Waals surface area contributed by atoms with Crippen molar-refractivity contribution >= 4 is 0 Å². The second kappa shape index (κ2) is 6.11. The molecule has 0 aliphatic rings. The Labute approximate surface area is 104 Å². The molecule has 0 amide bonds. The van der Waals surface area contributed by atoms with Gasteiger partial charge in [-0.05, 0) is 18.9 Å². The van der Waals surface area contributed by atoms with Crippen LogP contribution in [0.3, 0.4) is 0 Å². The molecule has 0 radical (unpaired) electrons. The molecule has 0 heterocycles. The number of benzene rings is 1. The summed E-state index contributed by atoms with van der Waals surface area (Å²) in [6.07, 6.45) is 0.619. The molecule has 0 aliphatic carbocycles. The summed E-state index contributed by atoms with van der Waals surface area (Å²) >= 11 is 0. The van der Waals surface area contributed by atoms with E-state index in [0.29, 0.717) is 6.42 Å². The molecule has 1 aromatic carbocycles. The van der Waals surface area contributed by atoms with Gasteiger partial charge in [-0.15, -0.1) is 0 Å². The van der Waals surface area contributed by atoms with Gasteiger partial charge in [0.1, 0.15) is 11.5 Å². The molecule has 0 aromatic heterocycles. The molecule has 0 saturated heterocycles. The molecule has 94 valence electrons. The smallest absolute Gasteiger partial charge is 0.102 e. The van der Waals surface area contributed by atoms with Gasteiger partial charge in [-0.1, -0.05) is 43.5 Å². The molecule has 17 heavy (non-hydrogen) atoms. The highest BCUT2D eigenvalue weighted by atomic mass is 16.3. The third kappa shape index (κ3) is 4.33. The summed E-state index contributed by atoms with van der Waals surface area (Å²) in [5.41, 5.74) is 1.09. The minimum atomic E-state index is -0.295. The third-order valence-electron chi connectivity index (χ3n) is 2.64. The molecule has 3 nitrogen and oxygen atoms in total. The SMILES string of the molecule is C=C(O)C(C)N[C@@H](Cc1ccccc1)C(=C)O.[HH]. The van der Waals surface area contributed by atoms with Crippen molar-refractivity contribution in [3.63, 3.8) is 0 Å². The molecule has 0 spiro atoms. The summed E-state index contributed by atoms with van der Waals surface area (Å²) in [4.78, 5) is 0. The van der Waals surface area contributed by atoms with Crippen LogP contribution in [-0.2, 0) is 6.42 Å². The first-order valence-electron chi connectivity index (χ1n) is 5.56. The van der Waals surface area contributed by atoms with Gasteiger partial charge in [0.2, 0.25) is 0 Å². The maximum absolute atomic E-state index is 9.54. The molecule has 1 unspecified atom stereocenters. The average molecular weight is 235 g/mol. The molecule has 0 fully saturated rings. The number of hydrogen-bond acceptors (Lipinski definition) is 3. The molecule has 3 heteroatoms. The van der Waals surface area contributed by atoms with E-state index in [1.54, 1.807) is 6.92 Å². The third-order valence-corrected chi connectivity index (χ3v) is 2.64. The van der Waals surface area contributed by atoms with Crippen molar-refractivity contribution < 1.29 is 11.6 Å². The molecule has 3 N–H and O–H groups in total. The van der Waals surface area contributed by atoms with Gasteiger partial charge in [0.15, 0.2) is 0 Å². The quantitative estimate of drug-likeness (QED) is 0.664. The summed E-state index contributed by atoms with van der Waals surface area (Å²) in [6.45, 7) is 8.78. The van der Waals surface area contributed by atoms with E-state index >= 15 is 0 Å². The highest BCUT2D eigenvalue weighted by Gasteiger charge is 2.16. The van der Waals surface area contributed by atoms with Gasteiger partial charge in [0.05, 0.1) is 12.1 Å². The lowest BCUT2D eigenvalue weighted by atomic mass is 10.0. The fourth-order valence-electron chi connectivity index (χ4n) is 1.52. The van der Waals surface area contributed by atoms with Crippen LogP contribution in [0.2, 0.25) is 0 Å². The summed E-state index contributed by atoms with van der Waals surface area (Å²) < 4.78 is 0. The van der Waals surface area contributed by atoms with Gasteiger partial charge in [0.25, 0.3) is 0 Å². The fourth-order valence-corrected chi connectivity index (χ4v) is 1.52. The van der Waals surface area contributed by atoms with E-state index in [9.17, 15) is 10.2 Å². The first kappa shape index (κ1) is 13.3. The second-order valence-electron chi connectivity index (χ2n) is 4.11. The first-order valence-corrected chi connectivity index (χ1v) is 5.56. The molecule has 0 aliphatic heterocycles. The zero-order valence-corrected chi connectivity index (χ0v) is 10.1. The largest absolute Gasteiger partial charge is 0.511 e. The van der Waals surface area contributed by atoms with Crippen LogP contribution >= 0.6 is 0 Å². The zero-order valence-electron chi connectivity index (χ0n) is 10.1. The van der Waals surface area contributed by atoms with Gasteiger partial charge < -0.3 is 10.2 Å². The van der Waals surface area contributed by atoms with E-state index in [-0.39, 0.29) is 25.0 Å². The molecule has 1 aromatic rings. The van der Waals surface area contributed by atoms with Crippen LogP contribution in [0.15, 0.2) is 55.0 Å². The Bertz CT molecular complexity index is 392. The minimum Gasteiger partial charge on any atom is -0.511 e. The van der Waals surface area contributed by atoms with Gasteiger partial charge in [-0.2, -0.15) is 0 Å². The van der Waals surface area contributed by atoms with Crippen LogP contribution in [0.4, 0.5) is 0 Å². The van der Waals surface area contributed by atoms with E-state index in [4.69, 9.17) is 0 Å². The lowest BCUT2D eigenvalue weighted by molar-refractivity contribution is 0.299. The van der Waals surface area contributed by atoms with E-state index in [0.717, 1.165) is 5.56 Å². The van der Waals surface area contributed by atoms with Crippen molar-refractivity contribution in [2.45, 2.75) is 25.4 Å². The lowest BCUT2D eigenvalue weighted by Gasteiger charge is -2.22. The van der Waals surface area contributed by atoms with Gasteiger partial charge in [-0.3, -0.25) is 5.32 Å². The molecule has 2 atom stereocenters. The lowest BCUT2D eigenvalue weighted by Crippen LogP contribution is -2.40. The van der Waals surface area contributed by atoms with Crippen molar-refractivity contribution in [3.05, 3.63) is 60.6 Å². The Balaban J connectivity index is 0.00000289.